The van der Waals surface area contributed by atoms with Gasteiger partial charge >= 0.3 is 0 Å². The predicted molar refractivity (Wildman–Crippen MR) is 116 cm³/mol. The second kappa shape index (κ2) is 11.3. The second-order valence-corrected chi connectivity index (χ2v) is 8.38. The van der Waals surface area contributed by atoms with Crippen LogP contribution in [0, 0.1) is 5.82 Å². The molecule has 0 atom stereocenters. The van der Waals surface area contributed by atoms with Crippen molar-refractivity contribution in [3.8, 4) is 11.5 Å². The van der Waals surface area contributed by atoms with Crippen molar-refractivity contribution in [2.75, 3.05) is 18.9 Å². The van der Waals surface area contributed by atoms with Crippen LogP contribution in [0.3, 0.4) is 0 Å². The van der Waals surface area contributed by atoms with Crippen LogP contribution in [0.5, 0.6) is 11.5 Å². The molecule has 10 heteroatoms. The van der Waals surface area contributed by atoms with Gasteiger partial charge in [-0.2, -0.15) is 0 Å². The first-order valence-corrected chi connectivity index (χ1v) is 11.3. The zero-order valence-electron chi connectivity index (χ0n) is 16.8. The molecule has 0 bridgehead atoms. The van der Waals surface area contributed by atoms with Crippen molar-refractivity contribution in [1.29, 1.82) is 0 Å². The minimum absolute atomic E-state index is 0.262. The molecule has 0 fully saturated rings. The summed E-state index contributed by atoms with van der Waals surface area (Å²) in [7, 11) is 1.83. The molecule has 1 heterocycles. The maximum Gasteiger partial charge on any atom is 0.209 e. The lowest BCUT2D eigenvalue weighted by molar-refractivity contribution is -0.666. The Balaban J connectivity index is 1.56. The smallest absolute Gasteiger partial charge is 0.209 e. The first kappa shape index (κ1) is 22.5. The van der Waals surface area contributed by atoms with Gasteiger partial charge in [0.2, 0.25) is 5.16 Å². The molecule has 0 unspecified atom stereocenters. The molecule has 0 saturated carbocycles. The van der Waals surface area contributed by atoms with E-state index in [2.05, 4.69) is 36.8 Å². The van der Waals surface area contributed by atoms with Crippen LogP contribution in [-0.4, -0.2) is 39.1 Å². The third-order valence-electron chi connectivity index (χ3n) is 4.18. The number of halogens is 2. The molecular formula is C20H24BrFN5O2S+. The van der Waals surface area contributed by atoms with Gasteiger partial charge in [-0.15, -0.1) is 5.10 Å². The first-order valence-electron chi connectivity index (χ1n) is 9.56. The number of tetrazole rings is 1. The van der Waals surface area contributed by atoms with Crippen LogP contribution in [-0.2, 0) is 20.2 Å². The monoisotopic (exact) mass is 496 g/mol. The van der Waals surface area contributed by atoms with Crippen LogP contribution in [0.4, 0.5) is 4.39 Å². The molecule has 2 aromatic carbocycles. The average Bonchev–Trinajstić information content (AvgIpc) is 3.13. The predicted octanol–water partition coefficient (Wildman–Crippen LogP) is 2.95. The molecule has 0 aliphatic heterocycles. The summed E-state index contributed by atoms with van der Waals surface area (Å²) >= 11 is 5.23. The van der Waals surface area contributed by atoms with Crippen LogP contribution in [0.25, 0.3) is 0 Å². The fourth-order valence-corrected chi connectivity index (χ4v) is 4.11. The van der Waals surface area contributed by atoms with E-state index in [0.717, 1.165) is 39.6 Å². The molecule has 1 aromatic heterocycles. The van der Waals surface area contributed by atoms with Gasteiger partial charge in [0.15, 0.2) is 11.5 Å². The Hall–Kier alpha value is -2.17. The van der Waals surface area contributed by atoms with E-state index in [4.69, 9.17) is 9.47 Å². The molecule has 0 radical (unpaired) electrons. The summed E-state index contributed by atoms with van der Waals surface area (Å²) in [6.07, 6.45) is 0. The molecule has 2 N–H and O–H groups in total. The standard InChI is InChI=1S/C20H23BrFN5O2S/c1-3-28-18-11-15(12-23-8-9-30-20-24-25-26-27(20)2)10-17(21)19(18)29-13-14-4-6-16(22)7-5-14/h4-7,10-11,23H,3,8-9,12-13H2,1-2H3/p+1. The SMILES string of the molecule is CCOc1cc(C[NH2+]CCSc2nnnn2C)cc(Br)c1OCc1ccc(F)cc1. The lowest BCUT2D eigenvalue weighted by Crippen LogP contribution is -2.83. The maximum absolute atomic E-state index is 13.1. The van der Waals surface area contributed by atoms with E-state index in [-0.39, 0.29) is 5.82 Å². The molecule has 0 spiro atoms. The Labute approximate surface area is 187 Å². The lowest BCUT2D eigenvalue weighted by Gasteiger charge is -2.15. The topological polar surface area (TPSA) is 78.7 Å². The third-order valence-corrected chi connectivity index (χ3v) is 5.81. The fourth-order valence-electron chi connectivity index (χ4n) is 2.72. The number of aryl methyl sites for hydroxylation is 1. The minimum Gasteiger partial charge on any atom is -0.490 e. The van der Waals surface area contributed by atoms with Crippen molar-refractivity contribution < 1.29 is 19.2 Å². The van der Waals surface area contributed by atoms with E-state index in [1.165, 1.54) is 12.1 Å². The maximum atomic E-state index is 13.1. The summed E-state index contributed by atoms with van der Waals surface area (Å²) < 4.78 is 27.3. The zero-order chi connectivity index (χ0) is 21.3. The van der Waals surface area contributed by atoms with Gasteiger partial charge in [-0.3, -0.25) is 0 Å². The Bertz CT molecular complexity index is 955. The summed E-state index contributed by atoms with van der Waals surface area (Å²) in [5, 5.41) is 14.5. The molecule has 3 aromatic rings. The number of thioether (sulfide) groups is 1. The van der Waals surface area contributed by atoms with E-state index in [9.17, 15) is 4.39 Å². The third kappa shape index (κ3) is 6.41. The summed E-state index contributed by atoms with van der Waals surface area (Å²) in [5.74, 6) is 1.99. The van der Waals surface area contributed by atoms with E-state index < -0.39 is 0 Å². The van der Waals surface area contributed by atoms with Crippen molar-refractivity contribution in [2.24, 2.45) is 7.05 Å². The van der Waals surface area contributed by atoms with Crippen LogP contribution in [0.15, 0.2) is 46.0 Å². The molecule has 3 rings (SSSR count). The first-order chi connectivity index (χ1) is 14.6. The van der Waals surface area contributed by atoms with Crippen molar-refractivity contribution >= 4 is 27.7 Å². The van der Waals surface area contributed by atoms with Crippen LogP contribution in [0.2, 0.25) is 0 Å². The van der Waals surface area contributed by atoms with Crippen molar-refractivity contribution in [2.45, 2.75) is 25.2 Å². The van der Waals surface area contributed by atoms with Crippen LogP contribution >= 0.6 is 27.7 Å². The van der Waals surface area contributed by atoms with E-state index >= 15 is 0 Å². The molecule has 160 valence electrons. The number of nitrogens with two attached hydrogens (primary N) is 1. The van der Waals surface area contributed by atoms with Gasteiger partial charge in [-0.05, 0) is 63.1 Å². The van der Waals surface area contributed by atoms with Gasteiger partial charge in [-0.1, -0.05) is 23.9 Å². The van der Waals surface area contributed by atoms with Gasteiger partial charge in [0, 0.05) is 12.6 Å². The Morgan fingerprint density at radius 2 is 1.97 bits per heavy atom. The number of rotatable bonds is 11. The van der Waals surface area contributed by atoms with Gasteiger partial charge in [0.1, 0.15) is 19.0 Å². The van der Waals surface area contributed by atoms with E-state index in [1.807, 2.05) is 26.1 Å². The number of quaternary nitrogens is 1. The molecule has 7 nitrogen and oxygen atoms in total. The summed E-state index contributed by atoms with van der Waals surface area (Å²) in [6.45, 7) is 4.55. The van der Waals surface area contributed by atoms with Crippen molar-refractivity contribution in [3.63, 3.8) is 0 Å². The number of aromatic nitrogens is 4. The largest absolute Gasteiger partial charge is 0.490 e. The highest BCUT2D eigenvalue weighted by molar-refractivity contribution is 9.10. The number of benzene rings is 2. The Morgan fingerprint density at radius 1 is 1.17 bits per heavy atom. The lowest BCUT2D eigenvalue weighted by atomic mass is 10.2. The van der Waals surface area contributed by atoms with Gasteiger partial charge in [0.05, 0.1) is 23.4 Å². The van der Waals surface area contributed by atoms with Gasteiger partial charge < -0.3 is 14.8 Å². The Kier molecular flexibility index (Phi) is 8.47. The van der Waals surface area contributed by atoms with Crippen molar-refractivity contribution in [3.05, 3.63) is 57.8 Å². The zero-order valence-corrected chi connectivity index (χ0v) is 19.2. The highest BCUT2D eigenvalue weighted by atomic mass is 79.9. The summed E-state index contributed by atoms with van der Waals surface area (Å²) in [5.41, 5.74) is 2.02. The Morgan fingerprint density at radius 3 is 2.67 bits per heavy atom. The average molecular weight is 497 g/mol. The molecule has 0 aliphatic carbocycles. The van der Waals surface area contributed by atoms with Crippen LogP contribution < -0.4 is 14.8 Å². The highest BCUT2D eigenvalue weighted by Gasteiger charge is 2.14. The molecule has 30 heavy (non-hydrogen) atoms. The number of hydrogen-bond donors (Lipinski definition) is 1. The number of hydrogen-bond acceptors (Lipinski definition) is 6. The van der Waals surface area contributed by atoms with E-state index in [0.29, 0.717) is 24.7 Å². The second-order valence-electron chi connectivity index (χ2n) is 6.47. The quantitative estimate of drug-likeness (QED) is 0.324. The molecule has 0 aliphatic rings. The minimum atomic E-state index is -0.262. The summed E-state index contributed by atoms with van der Waals surface area (Å²) in [4.78, 5) is 0. The van der Waals surface area contributed by atoms with Crippen molar-refractivity contribution in [1.82, 2.24) is 20.2 Å². The fraction of sp³-hybridized carbons (Fsp3) is 0.350. The molecular weight excluding hydrogens is 473 g/mol. The number of ether oxygens (including phenoxy) is 2. The summed E-state index contributed by atoms with van der Waals surface area (Å²) in [6, 6.07) is 10.3. The number of nitrogens with zero attached hydrogens (tertiary/aromatic N) is 4. The molecule has 0 saturated heterocycles. The highest BCUT2D eigenvalue weighted by Crippen LogP contribution is 2.37. The molecule has 0 amide bonds. The van der Waals surface area contributed by atoms with E-state index in [1.54, 1.807) is 28.6 Å². The normalized spacial score (nSPS) is 10.9. The van der Waals surface area contributed by atoms with Gasteiger partial charge in [-0.25, -0.2) is 9.07 Å². The van der Waals surface area contributed by atoms with Crippen LogP contribution in [0.1, 0.15) is 18.1 Å². The van der Waals surface area contributed by atoms with Gasteiger partial charge in [0.25, 0.3) is 0 Å².